The van der Waals surface area contributed by atoms with Crippen LogP contribution in [0.25, 0.3) is 0 Å². The van der Waals surface area contributed by atoms with Crippen molar-refractivity contribution in [2.24, 2.45) is 0 Å². The standard InChI is InChI=1S/C15H25NO2/c1-6-14(16-11(2)12(3)17-4)13-9-7-8-10-15(13)18-5/h7-12,14,16H,6H2,1-5H3. The first-order valence-electron chi connectivity index (χ1n) is 6.55. The summed E-state index contributed by atoms with van der Waals surface area (Å²) in [6.45, 7) is 6.40. The predicted molar refractivity (Wildman–Crippen MR) is 75.1 cm³/mol. The summed E-state index contributed by atoms with van der Waals surface area (Å²) in [6.07, 6.45) is 1.20. The van der Waals surface area contributed by atoms with E-state index < -0.39 is 0 Å². The minimum atomic E-state index is 0.189. The Hall–Kier alpha value is -1.06. The molecule has 0 aromatic heterocycles. The van der Waals surface area contributed by atoms with E-state index in [0.717, 1.165) is 12.2 Å². The van der Waals surface area contributed by atoms with Crippen LogP contribution in [-0.4, -0.2) is 26.4 Å². The fourth-order valence-corrected chi connectivity index (χ4v) is 2.04. The molecule has 1 rings (SSSR count). The van der Waals surface area contributed by atoms with Crippen molar-refractivity contribution in [1.82, 2.24) is 5.32 Å². The van der Waals surface area contributed by atoms with Gasteiger partial charge in [-0.1, -0.05) is 25.1 Å². The minimum absolute atomic E-state index is 0.189. The van der Waals surface area contributed by atoms with E-state index in [1.54, 1.807) is 14.2 Å². The summed E-state index contributed by atoms with van der Waals surface area (Å²) in [5.41, 5.74) is 1.21. The lowest BCUT2D eigenvalue weighted by Crippen LogP contribution is -2.39. The zero-order valence-corrected chi connectivity index (χ0v) is 12.1. The molecule has 18 heavy (non-hydrogen) atoms. The van der Waals surface area contributed by atoms with E-state index in [1.807, 2.05) is 18.2 Å². The number of hydrogen-bond donors (Lipinski definition) is 1. The number of para-hydroxylation sites is 1. The monoisotopic (exact) mass is 251 g/mol. The molecule has 0 fully saturated rings. The van der Waals surface area contributed by atoms with Gasteiger partial charge < -0.3 is 14.8 Å². The van der Waals surface area contributed by atoms with Crippen LogP contribution >= 0.6 is 0 Å². The number of benzene rings is 1. The normalized spacial score (nSPS) is 16.1. The second-order valence-corrected chi connectivity index (χ2v) is 4.60. The number of nitrogens with one attached hydrogen (secondary N) is 1. The maximum absolute atomic E-state index is 5.43. The van der Waals surface area contributed by atoms with E-state index in [4.69, 9.17) is 9.47 Å². The van der Waals surface area contributed by atoms with Crippen molar-refractivity contribution in [3.8, 4) is 5.75 Å². The third-order valence-corrected chi connectivity index (χ3v) is 3.46. The molecule has 0 bridgehead atoms. The highest BCUT2D eigenvalue weighted by molar-refractivity contribution is 5.35. The van der Waals surface area contributed by atoms with Crippen molar-refractivity contribution in [2.75, 3.05) is 14.2 Å². The van der Waals surface area contributed by atoms with Gasteiger partial charge in [0.25, 0.3) is 0 Å². The molecule has 3 atom stereocenters. The maximum atomic E-state index is 5.43. The number of methoxy groups -OCH3 is 2. The predicted octanol–water partition coefficient (Wildman–Crippen LogP) is 3.16. The van der Waals surface area contributed by atoms with Crippen LogP contribution in [0, 0.1) is 0 Å². The Labute approximate surface area is 110 Å². The molecule has 3 nitrogen and oxygen atoms in total. The zero-order chi connectivity index (χ0) is 13.5. The van der Waals surface area contributed by atoms with Gasteiger partial charge in [-0.05, 0) is 26.3 Å². The average molecular weight is 251 g/mol. The minimum Gasteiger partial charge on any atom is -0.496 e. The van der Waals surface area contributed by atoms with Crippen molar-refractivity contribution in [2.45, 2.75) is 45.4 Å². The summed E-state index contributed by atoms with van der Waals surface area (Å²) in [6, 6.07) is 8.75. The highest BCUT2D eigenvalue weighted by Gasteiger charge is 2.19. The Morgan fingerprint density at radius 1 is 1.17 bits per heavy atom. The molecule has 1 aromatic carbocycles. The topological polar surface area (TPSA) is 30.5 Å². The second-order valence-electron chi connectivity index (χ2n) is 4.60. The first-order chi connectivity index (χ1) is 8.63. The summed E-state index contributed by atoms with van der Waals surface area (Å²) < 4.78 is 10.8. The molecule has 0 aliphatic carbocycles. The summed E-state index contributed by atoms with van der Waals surface area (Å²) in [5, 5.41) is 3.60. The fraction of sp³-hybridized carbons (Fsp3) is 0.600. The Morgan fingerprint density at radius 3 is 2.39 bits per heavy atom. The van der Waals surface area contributed by atoms with Crippen LogP contribution in [0.2, 0.25) is 0 Å². The van der Waals surface area contributed by atoms with Gasteiger partial charge in [-0.15, -0.1) is 0 Å². The summed E-state index contributed by atoms with van der Waals surface area (Å²) in [4.78, 5) is 0. The van der Waals surface area contributed by atoms with Gasteiger partial charge >= 0.3 is 0 Å². The largest absolute Gasteiger partial charge is 0.496 e. The van der Waals surface area contributed by atoms with Gasteiger partial charge in [0, 0.05) is 24.8 Å². The Morgan fingerprint density at radius 2 is 1.83 bits per heavy atom. The van der Waals surface area contributed by atoms with Gasteiger partial charge in [0.05, 0.1) is 13.2 Å². The van der Waals surface area contributed by atoms with Gasteiger partial charge in [-0.3, -0.25) is 0 Å². The molecular weight excluding hydrogens is 226 g/mol. The number of ether oxygens (including phenoxy) is 2. The first-order valence-corrected chi connectivity index (χ1v) is 6.55. The van der Waals surface area contributed by atoms with Crippen LogP contribution in [0.4, 0.5) is 0 Å². The van der Waals surface area contributed by atoms with E-state index in [9.17, 15) is 0 Å². The zero-order valence-electron chi connectivity index (χ0n) is 12.1. The van der Waals surface area contributed by atoms with Gasteiger partial charge in [0.2, 0.25) is 0 Å². The summed E-state index contributed by atoms with van der Waals surface area (Å²) >= 11 is 0. The van der Waals surface area contributed by atoms with Crippen LogP contribution in [0.5, 0.6) is 5.75 Å². The second kappa shape index (κ2) is 7.39. The van der Waals surface area contributed by atoms with Crippen molar-refractivity contribution in [1.29, 1.82) is 0 Å². The lowest BCUT2D eigenvalue weighted by Gasteiger charge is -2.27. The molecule has 102 valence electrons. The fourth-order valence-electron chi connectivity index (χ4n) is 2.04. The van der Waals surface area contributed by atoms with Crippen molar-refractivity contribution >= 4 is 0 Å². The van der Waals surface area contributed by atoms with E-state index in [2.05, 4.69) is 32.2 Å². The van der Waals surface area contributed by atoms with Gasteiger partial charge in [0.15, 0.2) is 0 Å². The highest BCUT2D eigenvalue weighted by Crippen LogP contribution is 2.27. The van der Waals surface area contributed by atoms with Gasteiger partial charge in [0.1, 0.15) is 5.75 Å². The van der Waals surface area contributed by atoms with E-state index in [-0.39, 0.29) is 12.1 Å². The van der Waals surface area contributed by atoms with Crippen molar-refractivity contribution < 1.29 is 9.47 Å². The number of rotatable bonds is 7. The van der Waals surface area contributed by atoms with Crippen LogP contribution < -0.4 is 10.1 Å². The molecule has 1 aromatic rings. The molecule has 0 amide bonds. The van der Waals surface area contributed by atoms with Crippen LogP contribution in [0.3, 0.4) is 0 Å². The van der Waals surface area contributed by atoms with Crippen molar-refractivity contribution in [3.63, 3.8) is 0 Å². The number of hydrogen-bond acceptors (Lipinski definition) is 3. The Bertz CT molecular complexity index is 354. The molecule has 0 saturated heterocycles. The maximum Gasteiger partial charge on any atom is 0.123 e. The smallest absolute Gasteiger partial charge is 0.123 e. The van der Waals surface area contributed by atoms with E-state index in [1.165, 1.54) is 5.56 Å². The third kappa shape index (κ3) is 3.72. The molecule has 0 saturated carbocycles. The lowest BCUT2D eigenvalue weighted by atomic mass is 10.0. The molecule has 0 spiro atoms. The van der Waals surface area contributed by atoms with Crippen LogP contribution in [-0.2, 0) is 4.74 Å². The Balaban J connectivity index is 2.82. The molecule has 0 radical (unpaired) electrons. The van der Waals surface area contributed by atoms with Crippen molar-refractivity contribution in [3.05, 3.63) is 29.8 Å². The third-order valence-electron chi connectivity index (χ3n) is 3.46. The highest BCUT2D eigenvalue weighted by atomic mass is 16.5. The molecule has 0 heterocycles. The summed E-state index contributed by atoms with van der Waals surface area (Å²) in [5.74, 6) is 0.939. The molecule has 0 aliphatic heterocycles. The Kier molecular flexibility index (Phi) is 6.16. The lowest BCUT2D eigenvalue weighted by molar-refractivity contribution is 0.0840. The van der Waals surface area contributed by atoms with Crippen LogP contribution in [0.1, 0.15) is 38.8 Å². The molecule has 1 N–H and O–H groups in total. The first kappa shape index (κ1) is 15.0. The van der Waals surface area contributed by atoms with Gasteiger partial charge in [-0.2, -0.15) is 0 Å². The van der Waals surface area contributed by atoms with E-state index in [0.29, 0.717) is 6.04 Å². The average Bonchev–Trinajstić information content (AvgIpc) is 2.43. The quantitative estimate of drug-likeness (QED) is 0.807. The SMILES string of the molecule is CCC(NC(C)C(C)OC)c1ccccc1OC. The van der Waals surface area contributed by atoms with Crippen LogP contribution in [0.15, 0.2) is 24.3 Å². The molecular formula is C15H25NO2. The van der Waals surface area contributed by atoms with Gasteiger partial charge in [-0.25, -0.2) is 0 Å². The summed E-state index contributed by atoms with van der Waals surface area (Å²) in [7, 11) is 3.46. The molecule has 0 aliphatic rings. The van der Waals surface area contributed by atoms with E-state index >= 15 is 0 Å². The molecule has 3 unspecified atom stereocenters. The molecule has 3 heteroatoms.